The summed E-state index contributed by atoms with van der Waals surface area (Å²) in [5, 5.41) is 4.13. The number of nitrogens with one attached hydrogen (secondary N) is 1. The maximum absolute atomic E-state index is 6.35. The van der Waals surface area contributed by atoms with Gasteiger partial charge in [-0.15, -0.1) is 0 Å². The highest BCUT2D eigenvalue weighted by atomic mass is 35.5. The molecular weight excluding hydrogens is 276 g/mol. The van der Waals surface area contributed by atoms with Gasteiger partial charge in [-0.2, -0.15) is 0 Å². The number of nitrogens with zero attached hydrogens (tertiary/aromatic N) is 1. The van der Waals surface area contributed by atoms with Crippen LogP contribution >= 0.6 is 11.6 Å². The minimum atomic E-state index is 0.677. The number of anilines is 1. The second-order valence-corrected chi connectivity index (χ2v) is 4.90. The van der Waals surface area contributed by atoms with Gasteiger partial charge < -0.3 is 19.7 Å². The van der Waals surface area contributed by atoms with E-state index in [-0.39, 0.29) is 0 Å². The van der Waals surface area contributed by atoms with Crippen LogP contribution in [-0.4, -0.2) is 47.1 Å². The molecule has 0 amide bonds. The molecule has 114 valence electrons. The van der Waals surface area contributed by atoms with Gasteiger partial charge in [0.05, 0.1) is 13.2 Å². The van der Waals surface area contributed by atoms with E-state index in [1.54, 1.807) is 14.2 Å². The fourth-order valence-electron chi connectivity index (χ4n) is 2.02. The average Bonchev–Trinajstić information content (AvgIpc) is 2.46. The fourth-order valence-corrected chi connectivity index (χ4v) is 2.26. The summed E-state index contributed by atoms with van der Waals surface area (Å²) in [4.78, 5) is 2.26. The first-order valence-electron chi connectivity index (χ1n) is 6.95. The highest BCUT2D eigenvalue weighted by Gasteiger charge is 2.13. The minimum absolute atomic E-state index is 0.677. The maximum Gasteiger partial charge on any atom is 0.0637 e. The van der Waals surface area contributed by atoms with Gasteiger partial charge >= 0.3 is 0 Å². The molecule has 4 nitrogen and oxygen atoms in total. The predicted molar refractivity (Wildman–Crippen MR) is 84.8 cm³/mol. The summed E-state index contributed by atoms with van der Waals surface area (Å²) < 4.78 is 10.4. The Morgan fingerprint density at radius 2 is 1.80 bits per heavy atom. The van der Waals surface area contributed by atoms with Gasteiger partial charge in [-0.05, 0) is 18.7 Å². The molecule has 0 radical (unpaired) electrons. The lowest BCUT2D eigenvalue weighted by Crippen LogP contribution is -2.32. The van der Waals surface area contributed by atoms with Crippen molar-refractivity contribution in [3.05, 3.63) is 28.8 Å². The summed E-state index contributed by atoms with van der Waals surface area (Å²) in [7, 11) is 3.43. The molecule has 1 rings (SSSR count). The first kappa shape index (κ1) is 17.2. The third-order valence-corrected chi connectivity index (χ3v) is 3.47. The Morgan fingerprint density at radius 1 is 1.15 bits per heavy atom. The highest BCUT2D eigenvalue weighted by molar-refractivity contribution is 6.31. The number of methoxy groups -OCH3 is 2. The van der Waals surface area contributed by atoms with Crippen molar-refractivity contribution in [1.82, 2.24) is 5.32 Å². The van der Waals surface area contributed by atoms with Crippen LogP contribution in [0.2, 0.25) is 5.02 Å². The lowest BCUT2D eigenvalue weighted by Gasteiger charge is -2.27. The first-order valence-corrected chi connectivity index (χ1v) is 7.33. The Labute approximate surface area is 127 Å². The van der Waals surface area contributed by atoms with Crippen molar-refractivity contribution >= 4 is 17.3 Å². The van der Waals surface area contributed by atoms with Gasteiger partial charge in [0.2, 0.25) is 0 Å². The van der Waals surface area contributed by atoms with Crippen molar-refractivity contribution in [2.45, 2.75) is 13.5 Å². The molecule has 0 aliphatic rings. The normalized spacial score (nSPS) is 10.8. The second kappa shape index (κ2) is 10.00. The minimum Gasteiger partial charge on any atom is -0.383 e. The van der Waals surface area contributed by atoms with Crippen LogP contribution in [0.5, 0.6) is 0 Å². The summed E-state index contributed by atoms with van der Waals surface area (Å²) in [6.07, 6.45) is 0. The van der Waals surface area contributed by atoms with E-state index in [9.17, 15) is 0 Å². The highest BCUT2D eigenvalue weighted by Crippen LogP contribution is 2.27. The van der Waals surface area contributed by atoms with Crippen molar-refractivity contribution in [2.24, 2.45) is 0 Å². The number of benzene rings is 1. The van der Waals surface area contributed by atoms with E-state index in [0.29, 0.717) is 13.2 Å². The van der Waals surface area contributed by atoms with Gasteiger partial charge in [0, 0.05) is 50.1 Å². The lowest BCUT2D eigenvalue weighted by molar-refractivity contribution is 0.190. The quantitative estimate of drug-likeness (QED) is 0.720. The molecule has 0 aliphatic carbocycles. The standard InChI is InChI=1S/C15H25ClN2O2/c1-4-17-12-13-14(16)6-5-7-15(13)18(8-10-19-2)9-11-20-3/h5-7,17H,4,8-12H2,1-3H3. The van der Waals surface area contributed by atoms with Gasteiger partial charge in [0.25, 0.3) is 0 Å². The van der Waals surface area contributed by atoms with E-state index in [4.69, 9.17) is 21.1 Å². The Bertz CT molecular complexity index is 380. The van der Waals surface area contributed by atoms with E-state index < -0.39 is 0 Å². The molecular formula is C15H25ClN2O2. The molecule has 0 fully saturated rings. The zero-order valence-electron chi connectivity index (χ0n) is 12.6. The largest absolute Gasteiger partial charge is 0.383 e. The zero-order chi connectivity index (χ0) is 14.8. The van der Waals surface area contributed by atoms with Crippen LogP contribution in [-0.2, 0) is 16.0 Å². The van der Waals surface area contributed by atoms with Crippen LogP contribution in [0.3, 0.4) is 0 Å². The Kier molecular flexibility index (Phi) is 8.62. The zero-order valence-corrected chi connectivity index (χ0v) is 13.4. The number of halogens is 1. The van der Waals surface area contributed by atoms with Crippen molar-refractivity contribution in [2.75, 3.05) is 52.0 Å². The van der Waals surface area contributed by atoms with Crippen LogP contribution in [0.25, 0.3) is 0 Å². The third kappa shape index (κ3) is 5.29. The Morgan fingerprint density at radius 3 is 2.35 bits per heavy atom. The predicted octanol–water partition coefficient (Wildman–Crippen LogP) is 2.55. The first-order chi connectivity index (χ1) is 9.74. The van der Waals surface area contributed by atoms with Gasteiger partial charge in [0.15, 0.2) is 0 Å². The van der Waals surface area contributed by atoms with E-state index in [0.717, 1.165) is 42.5 Å². The van der Waals surface area contributed by atoms with Crippen LogP contribution in [0.4, 0.5) is 5.69 Å². The molecule has 0 spiro atoms. The fraction of sp³-hybridized carbons (Fsp3) is 0.600. The molecule has 0 saturated carbocycles. The van der Waals surface area contributed by atoms with Gasteiger partial charge in [0.1, 0.15) is 0 Å². The number of ether oxygens (including phenoxy) is 2. The lowest BCUT2D eigenvalue weighted by atomic mass is 10.1. The number of hydrogen-bond acceptors (Lipinski definition) is 4. The van der Waals surface area contributed by atoms with Crippen molar-refractivity contribution in [3.63, 3.8) is 0 Å². The summed E-state index contributed by atoms with van der Waals surface area (Å²) in [6, 6.07) is 6.02. The number of hydrogen-bond donors (Lipinski definition) is 1. The summed E-state index contributed by atoms with van der Waals surface area (Å²) in [5.41, 5.74) is 2.27. The summed E-state index contributed by atoms with van der Waals surface area (Å²) in [5.74, 6) is 0. The molecule has 0 saturated heterocycles. The summed E-state index contributed by atoms with van der Waals surface area (Å²) in [6.45, 7) is 6.76. The van der Waals surface area contributed by atoms with Crippen molar-refractivity contribution in [3.8, 4) is 0 Å². The molecule has 20 heavy (non-hydrogen) atoms. The van der Waals surface area contributed by atoms with Gasteiger partial charge in [-0.1, -0.05) is 24.6 Å². The molecule has 0 unspecified atom stereocenters. The van der Waals surface area contributed by atoms with Crippen LogP contribution in [0.15, 0.2) is 18.2 Å². The maximum atomic E-state index is 6.35. The molecule has 0 aromatic heterocycles. The third-order valence-electron chi connectivity index (χ3n) is 3.12. The van der Waals surface area contributed by atoms with Crippen molar-refractivity contribution in [1.29, 1.82) is 0 Å². The average molecular weight is 301 g/mol. The SMILES string of the molecule is CCNCc1c(Cl)cccc1N(CCOC)CCOC. The van der Waals surface area contributed by atoms with Gasteiger partial charge in [-0.3, -0.25) is 0 Å². The summed E-state index contributed by atoms with van der Waals surface area (Å²) >= 11 is 6.35. The van der Waals surface area contributed by atoms with Crippen molar-refractivity contribution < 1.29 is 9.47 Å². The molecule has 1 N–H and O–H groups in total. The molecule has 1 aromatic rings. The molecule has 5 heteroatoms. The van der Waals surface area contributed by atoms with E-state index in [2.05, 4.69) is 23.2 Å². The molecule has 0 heterocycles. The molecule has 0 bridgehead atoms. The second-order valence-electron chi connectivity index (χ2n) is 4.49. The molecule has 1 aromatic carbocycles. The van der Waals surface area contributed by atoms with Crippen LogP contribution < -0.4 is 10.2 Å². The van der Waals surface area contributed by atoms with E-state index >= 15 is 0 Å². The van der Waals surface area contributed by atoms with Gasteiger partial charge in [-0.25, -0.2) is 0 Å². The molecule has 0 aliphatic heterocycles. The van der Waals surface area contributed by atoms with Crippen LogP contribution in [0.1, 0.15) is 12.5 Å². The Hall–Kier alpha value is -0.810. The van der Waals surface area contributed by atoms with E-state index in [1.807, 2.05) is 12.1 Å². The molecule has 0 atom stereocenters. The monoisotopic (exact) mass is 300 g/mol. The number of rotatable bonds is 10. The Balaban J connectivity index is 2.94. The smallest absolute Gasteiger partial charge is 0.0637 e. The van der Waals surface area contributed by atoms with Crippen LogP contribution in [0, 0.1) is 0 Å². The van der Waals surface area contributed by atoms with E-state index in [1.165, 1.54) is 0 Å². The topological polar surface area (TPSA) is 33.7 Å².